The Balaban J connectivity index is 1.35. The molecule has 0 unspecified atom stereocenters. The molecule has 4 rings (SSSR count). The smallest absolute Gasteiger partial charge is 0.238 e. The van der Waals surface area contributed by atoms with Crippen LogP contribution in [0.25, 0.3) is 5.69 Å². The van der Waals surface area contributed by atoms with Crippen LogP contribution in [0.2, 0.25) is 5.02 Å². The highest BCUT2D eigenvalue weighted by Gasteiger charge is 2.20. The first kappa shape index (κ1) is 19.2. The van der Waals surface area contributed by atoms with E-state index >= 15 is 0 Å². The molecule has 3 aromatic rings. The fourth-order valence-electron chi connectivity index (χ4n) is 3.36. The molecule has 0 saturated carbocycles. The number of phenolic OH excluding ortho intramolecular Hbond substituents is 1. The molecule has 1 aromatic heterocycles. The number of hydrogen-bond acceptors (Lipinski definition) is 6. The Morgan fingerprint density at radius 1 is 1.10 bits per heavy atom. The van der Waals surface area contributed by atoms with Crippen molar-refractivity contribution >= 4 is 28.9 Å². The van der Waals surface area contributed by atoms with Crippen LogP contribution >= 0.6 is 11.6 Å². The second kappa shape index (κ2) is 8.50. The van der Waals surface area contributed by atoms with Crippen LogP contribution in [0.5, 0.6) is 5.75 Å². The zero-order valence-corrected chi connectivity index (χ0v) is 16.5. The van der Waals surface area contributed by atoms with Gasteiger partial charge in [0.15, 0.2) is 0 Å². The van der Waals surface area contributed by atoms with Gasteiger partial charge in [-0.2, -0.15) is 5.10 Å². The van der Waals surface area contributed by atoms with E-state index in [1.54, 1.807) is 41.3 Å². The van der Waals surface area contributed by atoms with Crippen LogP contribution in [-0.2, 0) is 4.79 Å². The number of nitrogens with zero attached hydrogens (tertiary/aromatic N) is 5. The molecule has 2 heterocycles. The predicted octanol–water partition coefficient (Wildman–Crippen LogP) is 2.39. The Bertz CT molecular complexity index is 969. The summed E-state index contributed by atoms with van der Waals surface area (Å²) >= 11 is 6.11. The van der Waals surface area contributed by atoms with E-state index in [1.807, 2.05) is 12.1 Å². The minimum atomic E-state index is -0.105. The highest BCUT2D eigenvalue weighted by Crippen LogP contribution is 2.24. The number of carbonyl (C=O) groups excluding carboxylic acids is 1. The number of nitrogens with one attached hydrogen (secondary N) is 1. The van der Waals surface area contributed by atoms with Crippen LogP contribution in [0, 0.1) is 0 Å². The Labute approximate surface area is 173 Å². The fraction of sp³-hybridized carbons (Fsp3) is 0.250. The molecule has 2 N–H and O–H groups in total. The summed E-state index contributed by atoms with van der Waals surface area (Å²) in [5.41, 5.74) is 2.37. The maximum Gasteiger partial charge on any atom is 0.238 e. The highest BCUT2D eigenvalue weighted by molar-refractivity contribution is 6.31. The van der Waals surface area contributed by atoms with Crippen LogP contribution < -0.4 is 10.2 Å². The lowest BCUT2D eigenvalue weighted by Crippen LogP contribution is -2.48. The molecule has 1 amide bonds. The summed E-state index contributed by atoms with van der Waals surface area (Å²) in [4.78, 5) is 20.9. The molecule has 0 atom stereocenters. The van der Waals surface area contributed by atoms with Gasteiger partial charge in [-0.3, -0.25) is 9.69 Å². The summed E-state index contributed by atoms with van der Waals surface area (Å²) in [5.74, 6) is 0.155. The van der Waals surface area contributed by atoms with Crippen molar-refractivity contribution in [2.45, 2.75) is 0 Å². The van der Waals surface area contributed by atoms with E-state index in [4.69, 9.17) is 11.6 Å². The summed E-state index contributed by atoms with van der Waals surface area (Å²) in [5, 5.41) is 17.0. The SMILES string of the molecule is O=C(CN1CCN(c2ccc(O)cc2)CC1)Nc1cc(Cl)ccc1-n1cncn1. The molecule has 29 heavy (non-hydrogen) atoms. The minimum absolute atomic E-state index is 0.105. The van der Waals surface area contributed by atoms with Gasteiger partial charge in [-0.1, -0.05) is 11.6 Å². The summed E-state index contributed by atoms with van der Waals surface area (Å²) in [6, 6.07) is 12.4. The van der Waals surface area contributed by atoms with E-state index in [0.29, 0.717) is 22.9 Å². The monoisotopic (exact) mass is 412 g/mol. The van der Waals surface area contributed by atoms with Crippen LogP contribution in [0.4, 0.5) is 11.4 Å². The predicted molar refractivity (Wildman–Crippen MR) is 112 cm³/mol. The van der Waals surface area contributed by atoms with Crippen molar-refractivity contribution in [1.29, 1.82) is 0 Å². The van der Waals surface area contributed by atoms with Crippen LogP contribution in [0.3, 0.4) is 0 Å². The van der Waals surface area contributed by atoms with Gasteiger partial charge in [-0.15, -0.1) is 0 Å². The van der Waals surface area contributed by atoms with E-state index in [0.717, 1.165) is 31.9 Å². The quantitative estimate of drug-likeness (QED) is 0.669. The summed E-state index contributed by atoms with van der Waals surface area (Å²) < 4.78 is 1.59. The maximum atomic E-state index is 12.6. The number of rotatable bonds is 5. The van der Waals surface area contributed by atoms with Gasteiger partial charge in [0.25, 0.3) is 0 Å². The molecule has 150 valence electrons. The van der Waals surface area contributed by atoms with Crippen molar-refractivity contribution in [2.24, 2.45) is 0 Å². The highest BCUT2D eigenvalue weighted by atomic mass is 35.5. The minimum Gasteiger partial charge on any atom is -0.508 e. The van der Waals surface area contributed by atoms with Crippen molar-refractivity contribution in [3.05, 3.63) is 60.1 Å². The van der Waals surface area contributed by atoms with Gasteiger partial charge < -0.3 is 15.3 Å². The zero-order chi connectivity index (χ0) is 20.2. The molecule has 1 saturated heterocycles. The van der Waals surface area contributed by atoms with Crippen LogP contribution in [0.1, 0.15) is 0 Å². The number of phenols is 1. The third-order valence-corrected chi connectivity index (χ3v) is 5.09. The van der Waals surface area contributed by atoms with Crippen molar-refractivity contribution in [3.63, 3.8) is 0 Å². The fourth-order valence-corrected chi connectivity index (χ4v) is 3.53. The number of carbonyl (C=O) groups is 1. The second-order valence-corrected chi connectivity index (χ2v) is 7.27. The van der Waals surface area contributed by atoms with Crippen LogP contribution in [-0.4, -0.2) is 63.4 Å². The first-order valence-electron chi connectivity index (χ1n) is 9.29. The van der Waals surface area contributed by atoms with Crippen molar-refractivity contribution in [3.8, 4) is 11.4 Å². The number of aromatic nitrogens is 3. The Kier molecular flexibility index (Phi) is 5.64. The number of hydrogen-bond donors (Lipinski definition) is 2. The summed E-state index contributed by atoms with van der Waals surface area (Å²) in [6.07, 6.45) is 3.01. The lowest BCUT2D eigenvalue weighted by molar-refractivity contribution is -0.117. The molecule has 0 spiro atoms. The van der Waals surface area contributed by atoms with Crippen molar-refractivity contribution < 1.29 is 9.90 Å². The molecule has 1 aliphatic heterocycles. The number of amides is 1. The summed E-state index contributed by atoms with van der Waals surface area (Å²) in [7, 11) is 0. The molecule has 1 fully saturated rings. The van der Waals surface area contributed by atoms with E-state index < -0.39 is 0 Å². The molecule has 0 aliphatic carbocycles. The molecule has 0 bridgehead atoms. The topological polar surface area (TPSA) is 86.5 Å². The third-order valence-electron chi connectivity index (χ3n) is 4.85. The third kappa shape index (κ3) is 4.67. The lowest BCUT2D eigenvalue weighted by Gasteiger charge is -2.35. The Morgan fingerprint density at radius 3 is 2.55 bits per heavy atom. The first-order chi connectivity index (χ1) is 14.1. The van der Waals surface area contributed by atoms with Crippen LogP contribution in [0.15, 0.2) is 55.1 Å². The molecule has 0 radical (unpaired) electrons. The van der Waals surface area contributed by atoms with Crippen molar-refractivity contribution in [1.82, 2.24) is 19.7 Å². The molecule has 2 aromatic carbocycles. The molecular formula is C20H21ClN6O2. The standard InChI is InChI=1S/C20H21ClN6O2/c21-15-1-6-19(27-14-22-13-23-27)18(11-15)24-20(29)12-25-7-9-26(10-8-25)16-2-4-17(28)5-3-16/h1-6,11,13-14,28H,7-10,12H2,(H,24,29). The van der Waals surface area contributed by atoms with Gasteiger partial charge in [-0.25, -0.2) is 9.67 Å². The molecule has 1 aliphatic rings. The summed E-state index contributed by atoms with van der Waals surface area (Å²) in [6.45, 7) is 3.49. The normalized spacial score (nSPS) is 14.7. The molecule has 8 nitrogen and oxygen atoms in total. The average molecular weight is 413 g/mol. The van der Waals surface area contributed by atoms with Gasteiger partial charge in [0.1, 0.15) is 18.4 Å². The number of piperazine rings is 1. The largest absolute Gasteiger partial charge is 0.508 e. The van der Waals surface area contributed by atoms with E-state index in [9.17, 15) is 9.90 Å². The number of halogens is 1. The van der Waals surface area contributed by atoms with E-state index in [-0.39, 0.29) is 11.7 Å². The second-order valence-electron chi connectivity index (χ2n) is 6.83. The Hall–Kier alpha value is -3.10. The van der Waals surface area contributed by atoms with Gasteiger partial charge in [-0.05, 0) is 42.5 Å². The maximum absolute atomic E-state index is 12.6. The van der Waals surface area contributed by atoms with Gasteiger partial charge in [0.05, 0.1) is 17.9 Å². The van der Waals surface area contributed by atoms with E-state index in [2.05, 4.69) is 25.2 Å². The van der Waals surface area contributed by atoms with Gasteiger partial charge in [0.2, 0.25) is 5.91 Å². The Morgan fingerprint density at radius 2 is 1.86 bits per heavy atom. The molecular weight excluding hydrogens is 392 g/mol. The first-order valence-corrected chi connectivity index (χ1v) is 9.67. The average Bonchev–Trinajstić information content (AvgIpc) is 3.24. The van der Waals surface area contributed by atoms with Gasteiger partial charge in [0, 0.05) is 36.9 Å². The number of benzene rings is 2. The van der Waals surface area contributed by atoms with Gasteiger partial charge >= 0.3 is 0 Å². The van der Waals surface area contributed by atoms with E-state index in [1.165, 1.54) is 6.33 Å². The lowest BCUT2D eigenvalue weighted by atomic mass is 10.2. The molecule has 9 heteroatoms. The zero-order valence-electron chi connectivity index (χ0n) is 15.7. The van der Waals surface area contributed by atoms with Crippen molar-refractivity contribution in [2.75, 3.05) is 42.9 Å². The number of anilines is 2. The number of aromatic hydroxyl groups is 1.